The summed E-state index contributed by atoms with van der Waals surface area (Å²) in [7, 11) is 0. The van der Waals surface area contributed by atoms with Crippen molar-refractivity contribution in [2.75, 3.05) is 18.8 Å². The van der Waals surface area contributed by atoms with E-state index in [2.05, 4.69) is 10.2 Å². The highest BCUT2D eigenvalue weighted by molar-refractivity contribution is 7.99. The van der Waals surface area contributed by atoms with Crippen LogP contribution in [-0.2, 0) is 4.79 Å². The third kappa shape index (κ3) is 4.34. The van der Waals surface area contributed by atoms with Crippen LogP contribution in [0.4, 0.5) is 0 Å². The van der Waals surface area contributed by atoms with Gasteiger partial charge in [-0.05, 0) is 31.9 Å². The van der Waals surface area contributed by atoms with E-state index in [-0.39, 0.29) is 5.91 Å². The van der Waals surface area contributed by atoms with Gasteiger partial charge >= 0.3 is 0 Å². The molecular weight excluding hydrogens is 310 g/mol. The molecule has 1 aliphatic rings. The monoisotopic (exact) mass is 331 g/mol. The van der Waals surface area contributed by atoms with Gasteiger partial charge in [0.25, 0.3) is 5.22 Å². The molecule has 0 N–H and O–H groups in total. The highest BCUT2D eigenvalue weighted by Crippen LogP contribution is 2.24. The van der Waals surface area contributed by atoms with Crippen molar-refractivity contribution in [1.29, 1.82) is 0 Å². The molecule has 0 radical (unpaired) electrons. The largest absolute Gasteiger partial charge is 0.411 e. The Morgan fingerprint density at radius 3 is 2.52 bits per heavy atom. The Balaban J connectivity index is 1.56. The van der Waals surface area contributed by atoms with Gasteiger partial charge in [-0.25, -0.2) is 0 Å². The number of thioether (sulfide) groups is 1. The van der Waals surface area contributed by atoms with Gasteiger partial charge in [-0.15, -0.1) is 10.2 Å². The van der Waals surface area contributed by atoms with Crippen LogP contribution < -0.4 is 0 Å². The van der Waals surface area contributed by atoms with E-state index in [9.17, 15) is 4.79 Å². The highest BCUT2D eigenvalue weighted by Gasteiger charge is 2.17. The van der Waals surface area contributed by atoms with Gasteiger partial charge in [0.2, 0.25) is 11.8 Å². The molecule has 0 saturated carbocycles. The number of hydrogen-bond donors (Lipinski definition) is 0. The van der Waals surface area contributed by atoms with Crippen LogP contribution in [0.5, 0.6) is 0 Å². The normalized spacial score (nSPS) is 15.4. The minimum absolute atomic E-state index is 0.159. The summed E-state index contributed by atoms with van der Waals surface area (Å²) in [4.78, 5) is 14.2. The number of nitrogens with zero attached hydrogens (tertiary/aromatic N) is 3. The number of amides is 1. The molecule has 0 bridgehead atoms. The quantitative estimate of drug-likeness (QED) is 0.802. The number of aromatic nitrogens is 2. The second-order valence-electron chi connectivity index (χ2n) is 5.82. The molecule has 23 heavy (non-hydrogen) atoms. The predicted molar refractivity (Wildman–Crippen MR) is 90.2 cm³/mol. The van der Waals surface area contributed by atoms with E-state index in [1.165, 1.54) is 30.2 Å². The highest BCUT2D eigenvalue weighted by atomic mass is 32.2. The molecule has 2 heterocycles. The van der Waals surface area contributed by atoms with Gasteiger partial charge in [0.15, 0.2) is 0 Å². The van der Waals surface area contributed by atoms with E-state index in [0.717, 1.165) is 31.5 Å². The first kappa shape index (κ1) is 16.1. The summed E-state index contributed by atoms with van der Waals surface area (Å²) in [6.07, 6.45) is 4.66. The van der Waals surface area contributed by atoms with Crippen molar-refractivity contribution < 1.29 is 9.21 Å². The van der Waals surface area contributed by atoms with E-state index in [1.807, 2.05) is 36.1 Å². The van der Waals surface area contributed by atoms with Crippen LogP contribution in [0.2, 0.25) is 0 Å². The van der Waals surface area contributed by atoms with Crippen molar-refractivity contribution in [2.45, 2.75) is 37.8 Å². The van der Waals surface area contributed by atoms with Crippen LogP contribution in [0, 0.1) is 6.92 Å². The minimum Gasteiger partial charge on any atom is -0.411 e. The number of rotatable bonds is 4. The number of aryl methyl sites for hydroxylation is 1. The molecule has 1 fully saturated rings. The summed E-state index contributed by atoms with van der Waals surface area (Å²) in [6, 6.07) is 7.93. The summed E-state index contributed by atoms with van der Waals surface area (Å²) in [5, 5.41) is 8.53. The van der Waals surface area contributed by atoms with Crippen molar-refractivity contribution in [3.8, 4) is 11.5 Å². The van der Waals surface area contributed by atoms with E-state index >= 15 is 0 Å². The van der Waals surface area contributed by atoms with Gasteiger partial charge in [-0.2, -0.15) is 0 Å². The molecule has 5 nitrogen and oxygen atoms in total. The lowest BCUT2D eigenvalue weighted by molar-refractivity contribution is -0.128. The topological polar surface area (TPSA) is 59.2 Å². The van der Waals surface area contributed by atoms with E-state index in [4.69, 9.17) is 4.42 Å². The van der Waals surface area contributed by atoms with Crippen LogP contribution >= 0.6 is 11.8 Å². The van der Waals surface area contributed by atoms with Gasteiger partial charge < -0.3 is 9.32 Å². The van der Waals surface area contributed by atoms with Crippen LogP contribution in [0.25, 0.3) is 11.5 Å². The standard InChI is InChI=1S/C17H21N3O2S/c1-13-6-8-14(9-7-13)16-18-19-17(22-16)23-12-15(21)20-10-4-2-3-5-11-20/h6-9H,2-5,10-12H2,1H3. The molecular formula is C17H21N3O2S. The molecule has 1 aromatic heterocycles. The molecule has 1 aliphatic heterocycles. The summed E-state index contributed by atoms with van der Waals surface area (Å²) < 4.78 is 5.64. The molecule has 6 heteroatoms. The summed E-state index contributed by atoms with van der Waals surface area (Å²) in [6.45, 7) is 3.78. The number of hydrogen-bond acceptors (Lipinski definition) is 5. The maximum Gasteiger partial charge on any atom is 0.277 e. The molecule has 1 saturated heterocycles. The fourth-order valence-electron chi connectivity index (χ4n) is 2.62. The van der Waals surface area contributed by atoms with Crippen molar-refractivity contribution >= 4 is 17.7 Å². The zero-order valence-corrected chi connectivity index (χ0v) is 14.1. The zero-order chi connectivity index (χ0) is 16.1. The number of benzene rings is 1. The third-order valence-corrected chi connectivity index (χ3v) is 4.79. The summed E-state index contributed by atoms with van der Waals surface area (Å²) in [5.74, 6) is 1.01. The van der Waals surface area contributed by atoms with Gasteiger partial charge in [0.05, 0.1) is 5.75 Å². The molecule has 0 unspecified atom stereocenters. The smallest absolute Gasteiger partial charge is 0.277 e. The Bertz CT molecular complexity index is 646. The molecule has 1 amide bonds. The van der Waals surface area contributed by atoms with Crippen molar-refractivity contribution in [1.82, 2.24) is 15.1 Å². The van der Waals surface area contributed by atoms with Crippen LogP contribution in [0.15, 0.2) is 33.9 Å². The molecule has 1 aromatic carbocycles. The van der Waals surface area contributed by atoms with Gasteiger partial charge in [0.1, 0.15) is 0 Å². The fraction of sp³-hybridized carbons (Fsp3) is 0.471. The molecule has 0 atom stereocenters. The minimum atomic E-state index is 0.159. The third-order valence-electron chi connectivity index (χ3n) is 3.98. The number of likely N-dealkylation sites (tertiary alicyclic amines) is 1. The first-order chi connectivity index (χ1) is 11.2. The van der Waals surface area contributed by atoms with E-state index in [0.29, 0.717) is 16.9 Å². The van der Waals surface area contributed by atoms with Crippen LogP contribution in [0.3, 0.4) is 0 Å². The molecule has 2 aromatic rings. The Kier molecular flexibility index (Phi) is 5.33. The summed E-state index contributed by atoms with van der Waals surface area (Å²) >= 11 is 1.32. The van der Waals surface area contributed by atoms with Gasteiger partial charge in [-0.3, -0.25) is 4.79 Å². The van der Waals surface area contributed by atoms with E-state index in [1.54, 1.807) is 0 Å². The molecule has 0 spiro atoms. The zero-order valence-electron chi connectivity index (χ0n) is 13.3. The first-order valence-electron chi connectivity index (χ1n) is 8.03. The van der Waals surface area contributed by atoms with Gasteiger partial charge in [0, 0.05) is 18.7 Å². The second kappa shape index (κ2) is 7.64. The van der Waals surface area contributed by atoms with Crippen molar-refractivity contribution in [2.24, 2.45) is 0 Å². The average Bonchev–Trinajstić information content (AvgIpc) is 2.86. The molecule has 122 valence electrons. The second-order valence-corrected chi connectivity index (χ2v) is 6.75. The Morgan fingerprint density at radius 2 is 1.83 bits per heavy atom. The SMILES string of the molecule is Cc1ccc(-c2nnc(SCC(=O)N3CCCCCC3)o2)cc1. The Labute approximate surface area is 140 Å². The lowest BCUT2D eigenvalue weighted by Gasteiger charge is -2.19. The maximum atomic E-state index is 12.3. The predicted octanol–water partition coefficient (Wildman–Crippen LogP) is 3.54. The van der Waals surface area contributed by atoms with Crippen LogP contribution in [0.1, 0.15) is 31.2 Å². The Morgan fingerprint density at radius 1 is 1.13 bits per heavy atom. The summed E-state index contributed by atoms with van der Waals surface area (Å²) in [5.41, 5.74) is 2.08. The first-order valence-corrected chi connectivity index (χ1v) is 9.02. The van der Waals surface area contributed by atoms with Gasteiger partial charge in [-0.1, -0.05) is 42.3 Å². The lowest BCUT2D eigenvalue weighted by atomic mass is 10.1. The number of carbonyl (C=O) groups is 1. The van der Waals surface area contributed by atoms with E-state index < -0.39 is 0 Å². The van der Waals surface area contributed by atoms with Crippen molar-refractivity contribution in [3.63, 3.8) is 0 Å². The van der Waals surface area contributed by atoms with Crippen LogP contribution in [-0.4, -0.2) is 39.8 Å². The maximum absolute atomic E-state index is 12.3. The number of carbonyl (C=O) groups excluding carboxylic acids is 1. The Hall–Kier alpha value is -1.82. The molecule has 0 aliphatic carbocycles. The van der Waals surface area contributed by atoms with Crippen molar-refractivity contribution in [3.05, 3.63) is 29.8 Å². The average molecular weight is 331 g/mol. The fourth-order valence-corrected chi connectivity index (χ4v) is 3.28. The lowest BCUT2D eigenvalue weighted by Crippen LogP contribution is -2.33. The molecule has 3 rings (SSSR count).